The number of aromatic hydroxyl groups is 1. The Morgan fingerprint density at radius 2 is 0.921 bits per heavy atom. The average Bonchev–Trinajstić information content (AvgIpc) is 0.782. The minimum atomic E-state index is -2.06. The molecule has 9 atom stereocenters. The number of benzene rings is 6. The lowest BCUT2D eigenvalue weighted by atomic mass is 9.97. The first-order valence-electron chi connectivity index (χ1n) is 28.1. The summed E-state index contributed by atoms with van der Waals surface area (Å²) in [5.74, 6) is -6.68. The van der Waals surface area contributed by atoms with E-state index in [0.29, 0.717) is 0 Å². The van der Waals surface area contributed by atoms with Crippen LogP contribution in [0.1, 0.15) is 63.8 Å². The molecule has 3 heterocycles. The monoisotopic (exact) mass is 1220 g/mol. The van der Waals surface area contributed by atoms with E-state index in [0.717, 1.165) is 63.8 Å². The highest BCUT2D eigenvalue weighted by molar-refractivity contribution is 5.89. The summed E-state index contributed by atoms with van der Waals surface area (Å²) in [5.41, 5.74) is 1.93. The van der Waals surface area contributed by atoms with Gasteiger partial charge in [-0.25, -0.2) is 0 Å². The van der Waals surface area contributed by atoms with Crippen molar-refractivity contribution in [3.05, 3.63) is 178 Å². The SMILES string of the molecule is CC(=O)O[C@H]1[C@@H](OC(C)=O)[C@@H](CO[C@@H]2OC[C@@H](OC(C)=O)[C@H](OC(C)=O)[C@H]2OC(C)=O)O[C@@H](Oc2c(-c3cc(OCc4ccccc4)c(OCc4ccccc4)c(OCc4ccccc4)c3)oc3cc(OCc4ccccc4)cc(O)c3c2=O)[C@@H]1OC(C)=O. The summed E-state index contributed by atoms with van der Waals surface area (Å²) in [6, 6.07) is 42.7. The Morgan fingerprint density at radius 1 is 0.483 bits per heavy atom. The molecule has 0 saturated carbocycles. The van der Waals surface area contributed by atoms with Gasteiger partial charge in [0.05, 0.1) is 13.2 Å². The molecular weight excluding hydrogens is 1160 g/mol. The molecule has 0 amide bonds. The number of hydrogen-bond donors (Lipinski definition) is 1. The molecule has 1 aromatic heterocycles. The maximum atomic E-state index is 15.6. The van der Waals surface area contributed by atoms with Crippen molar-refractivity contribution in [1.29, 1.82) is 0 Å². The molecule has 2 aliphatic heterocycles. The van der Waals surface area contributed by atoms with Crippen LogP contribution in [0.3, 0.4) is 0 Å². The van der Waals surface area contributed by atoms with Crippen molar-refractivity contribution >= 4 is 46.8 Å². The molecule has 0 aliphatic carbocycles. The first-order valence-corrected chi connectivity index (χ1v) is 28.1. The standard InChI is InChI=1S/C66H64O23/c1-37(67)81-53-35-79-65(63(85-41(5)71)60(53)83-39(3)69)80-36-54-59(82-38(2)68)62(84-40(4)70)64(86-42(6)72)66(88-54)89-61-56(74)55-49(73)29-48(75-31-43-19-11-7-12-20-43)30-50(55)87-57(61)47-27-51(76-32-44-21-13-8-14-22-44)58(78-34-46-25-17-10-18-26-46)52(28-47)77-33-45-23-15-9-16-24-45/h7-30,53-54,59-60,62-66,73H,31-36H2,1-6H3/t53-,54-,59+,60+,62+,63-,64-,65+,66+/m1/s1. The largest absolute Gasteiger partial charge is 0.507 e. The molecule has 0 spiro atoms. The lowest BCUT2D eigenvalue weighted by molar-refractivity contribution is -0.313. The fraction of sp³-hybridized carbons (Fsp3) is 0.318. The maximum absolute atomic E-state index is 15.6. The van der Waals surface area contributed by atoms with Gasteiger partial charge in [-0.1, -0.05) is 121 Å². The predicted molar refractivity (Wildman–Crippen MR) is 311 cm³/mol. The number of phenolic OH excluding ortho intramolecular Hbond substituents is 1. The topological polar surface area (TPSA) is 282 Å². The Balaban J connectivity index is 1.21. The van der Waals surface area contributed by atoms with Crippen LogP contribution >= 0.6 is 0 Å². The number of fused-ring (bicyclic) bond motifs is 1. The van der Waals surface area contributed by atoms with Crippen molar-refractivity contribution in [1.82, 2.24) is 0 Å². The van der Waals surface area contributed by atoms with Crippen molar-refractivity contribution in [2.75, 3.05) is 13.2 Å². The van der Waals surface area contributed by atoms with E-state index in [-0.39, 0.29) is 66.3 Å². The summed E-state index contributed by atoms with van der Waals surface area (Å²) in [6.07, 6.45) is -15.2. The van der Waals surface area contributed by atoms with Crippen LogP contribution in [-0.4, -0.2) is 109 Å². The summed E-state index contributed by atoms with van der Waals surface area (Å²) in [7, 11) is 0. The fourth-order valence-corrected chi connectivity index (χ4v) is 9.89. The number of phenols is 1. The fourth-order valence-electron chi connectivity index (χ4n) is 9.89. The van der Waals surface area contributed by atoms with Crippen LogP contribution in [0.15, 0.2) is 155 Å². The molecule has 2 saturated heterocycles. The van der Waals surface area contributed by atoms with Crippen molar-refractivity contribution in [3.8, 4) is 45.8 Å². The Hall–Kier alpha value is -9.97. The molecule has 0 radical (unpaired) electrons. The predicted octanol–water partition coefficient (Wildman–Crippen LogP) is 8.55. The van der Waals surface area contributed by atoms with E-state index < -0.39 is 127 Å². The molecule has 1 N–H and O–H groups in total. The van der Waals surface area contributed by atoms with Gasteiger partial charge in [-0.3, -0.25) is 33.6 Å². The summed E-state index contributed by atoms with van der Waals surface area (Å²) in [6.45, 7) is 5.22. The van der Waals surface area contributed by atoms with Crippen LogP contribution in [0.2, 0.25) is 0 Å². The second-order valence-electron chi connectivity index (χ2n) is 20.5. The van der Waals surface area contributed by atoms with Crippen LogP contribution in [0.5, 0.6) is 34.5 Å². The smallest absolute Gasteiger partial charge is 0.303 e. The highest BCUT2D eigenvalue weighted by Crippen LogP contribution is 2.46. The van der Waals surface area contributed by atoms with E-state index in [4.69, 9.17) is 70.7 Å². The van der Waals surface area contributed by atoms with Crippen LogP contribution < -0.4 is 29.1 Å². The maximum Gasteiger partial charge on any atom is 0.303 e. The first kappa shape index (κ1) is 63.5. The highest BCUT2D eigenvalue weighted by Gasteiger charge is 2.55. The number of esters is 6. The Kier molecular flexibility index (Phi) is 21.1. The lowest BCUT2D eigenvalue weighted by Crippen LogP contribution is -2.64. The van der Waals surface area contributed by atoms with Crippen molar-refractivity contribution in [2.24, 2.45) is 0 Å². The van der Waals surface area contributed by atoms with Gasteiger partial charge >= 0.3 is 35.8 Å². The molecule has 23 heteroatoms. The quantitative estimate of drug-likeness (QED) is 0.0438. The second-order valence-corrected chi connectivity index (χ2v) is 20.5. The molecule has 7 aromatic rings. The van der Waals surface area contributed by atoms with E-state index in [1.165, 1.54) is 24.3 Å². The van der Waals surface area contributed by atoms with Gasteiger partial charge in [-0.2, -0.15) is 0 Å². The Labute approximate surface area is 510 Å². The van der Waals surface area contributed by atoms with E-state index in [9.17, 15) is 33.9 Å². The Morgan fingerprint density at radius 3 is 1.42 bits per heavy atom. The van der Waals surface area contributed by atoms with Crippen LogP contribution in [0, 0.1) is 0 Å². The van der Waals surface area contributed by atoms with Gasteiger partial charge in [0.15, 0.2) is 54.1 Å². The summed E-state index contributed by atoms with van der Waals surface area (Å²) in [5, 5.41) is 11.4. The minimum Gasteiger partial charge on any atom is -0.507 e. The average molecular weight is 1230 g/mol. The third kappa shape index (κ3) is 16.8. The minimum absolute atomic E-state index is 0.000304. The zero-order chi connectivity index (χ0) is 63.1. The van der Waals surface area contributed by atoms with Crippen LogP contribution in [0.25, 0.3) is 22.3 Å². The van der Waals surface area contributed by atoms with Gasteiger partial charge in [0.1, 0.15) is 55.0 Å². The molecule has 0 bridgehead atoms. The molecule has 2 aliphatic rings. The van der Waals surface area contributed by atoms with Crippen molar-refractivity contribution < 1.29 is 105 Å². The number of carbonyl (C=O) groups excluding carboxylic acids is 6. The number of hydrogen-bond acceptors (Lipinski definition) is 23. The van der Waals surface area contributed by atoms with Crippen molar-refractivity contribution in [3.63, 3.8) is 0 Å². The van der Waals surface area contributed by atoms with E-state index in [2.05, 4.69) is 0 Å². The van der Waals surface area contributed by atoms with Crippen LogP contribution in [-0.2, 0) is 97.8 Å². The third-order valence-electron chi connectivity index (χ3n) is 13.6. The highest BCUT2D eigenvalue weighted by atomic mass is 16.8. The van der Waals surface area contributed by atoms with Gasteiger partial charge < -0.3 is 75.8 Å². The molecule has 2 fully saturated rings. The summed E-state index contributed by atoms with van der Waals surface area (Å²) in [4.78, 5) is 92.3. The summed E-state index contributed by atoms with van der Waals surface area (Å²) < 4.78 is 91.8. The van der Waals surface area contributed by atoms with Crippen LogP contribution in [0.4, 0.5) is 0 Å². The molecule has 9 rings (SSSR count). The molecule has 6 aromatic carbocycles. The Bertz CT molecular complexity index is 3610. The second kappa shape index (κ2) is 29.6. The van der Waals surface area contributed by atoms with E-state index in [1.54, 1.807) is 0 Å². The molecular formula is C66H64O23. The number of carbonyl (C=O) groups is 6. The number of ether oxygens (including phenoxy) is 14. The number of rotatable bonds is 24. The third-order valence-corrected chi connectivity index (χ3v) is 13.6. The molecule has 23 nitrogen and oxygen atoms in total. The molecule has 89 heavy (non-hydrogen) atoms. The van der Waals surface area contributed by atoms with E-state index in [1.807, 2.05) is 121 Å². The van der Waals surface area contributed by atoms with Gasteiger partial charge in [-0.15, -0.1) is 0 Å². The molecule has 0 unspecified atom stereocenters. The summed E-state index contributed by atoms with van der Waals surface area (Å²) >= 11 is 0. The lowest BCUT2D eigenvalue weighted by Gasteiger charge is -2.45. The van der Waals surface area contributed by atoms with Gasteiger partial charge in [-0.05, 0) is 34.4 Å². The van der Waals surface area contributed by atoms with E-state index >= 15 is 4.79 Å². The van der Waals surface area contributed by atoms with Gasteiger partial charge in [0.2, 0.25) is 29.3 Å². The zero-order valence-electron chi connectivity index (χ0n) is 49.2. The first-order chi connectivity index (χ1) is 42.9. The zero-order valence-corrected chi connectivity index (χ0v) is 49.2. The van der Waals surface area contributed by atoms with Gasteiger partial charge in [0.25, 0.3) is 0 Å². The van der Waals surface area contributed by atoms with Crippen molar-refractivity contribution in [2.45, 2.75) is 123 Å². The van der Waals surface area contributed by atoms with Gasteiger partial charge in [0, 0.05) is 59.2 Å². The normalized spacial score (nSPS) is 20.4. The molecule has 466 valence electrons.